The van der Waals surface area contributed by atoms with Crippen molar-refractivity contribution in [2.24, 2.45) is 0 Å². The lowest BCUT2D eigenvalue weighted by atomic mass is 10.2. The lowest BCUT2D eigenvalue weighted by molar-refractivity contribution is 0.0937. The van der Waals surface area contributed by atoms with Crippen molar-refractivity contribution in [2.45, 2.75) is 4.90 Å². The molecule has 7 heteroatoms. The minimum absolute atomic E-state index is 0.0567. The van der Waals surface area contributed by atoms with Crippen molar-refractivity contribution in [1.29, 1.82) is 0 Å². The molecule has 1 aromatic rings. The van der Waals surface area contributed by atoms with E-state index >= 15 is 0 Å². The third kappa shape index (κ3) is 4.66. The molecule has 0 aliphatic rings. The highest BCUT2D eigenvalue weighted by molar-refractivity contribution is 7.89. The SMILES string of the molecule is C#CCNS(=O)(=O)c1ccc(C(=O)NCCOC)cc1. The molecule has 20 heavy (non-hydrogen) atoms. The molecule has 6 nitrogen and oxygen atoms in total. The molecule has 0 saturated carbocycles. The van der Waals surface area contributed by atoms with Gasteiger partial charge in [-0.15, -0.1) is 6.42 Å². The number of carbonyl (C=O) groups excluding carboxylic acids is 1. The van der Waals surface area contributed by atoms with E-state index < -0.39 is 10.0 Å². The van der Waals surface area contributed by atoms with Crippen LogP contribution in [0.25, 0.3) is 0 Å². The summed E-state index contributed by atoms with van der Waals surface area (Å²) in [5.41, 5.74) is 0.372. The van der Waals surface area contributed by atoms with Gasteiger partial charge in [0.25, 0.3) is 5.91 Å². The Morgan fingerprint density at radius 1 is 1.35 bits per heavy atom. The molecule has 108 valence electrons. The summed E-state index contributed by atoms with van der Waals surface area (Å²) >= 11 is 0. The molecule has 0 heterocycles. The van der Waals surface area contributed by atoms with Gasteiger partial charge in [0.2, 0.25) is 10.0 Å². The monoisotopic (exact) mass is 296 g/mol. The van der Waals surface area contributed by atoms with E-state index in [4.69, 9.17) is 11.2 Å². The van der Waals surface area contributed by atoms with Gasteiger partial charge in [0.1, 0.15) is 0 Å². The third-order valence-electron chi connectivity index (χ3n) is 2.38. The fourth-order valence-electron chi connectivity index (χ4n) is 1.37. The lowest BCUT2D eigenvalue weighted by Gasteiger charge is -2.06. The van der Waals surface area contributed by atoms with Gasteiger partial charge in [0.05, 0.1) is 18.0 Å². The average molecular weight is 296 g/mol. The normalized spacial score (nSPS) is 10.8. The van der Waals surface area contributed by atoms with Crippen LogP contribution in [0.2, 0.25) is 0 Å². The quantitative estimate of drug-likeness (QED) is 0.547. The van der Waals surface area contributed by atoms with Gasteiger partial charge in [-0.3, -0.25) is 4.79 Å². The van der Waals surface area contributed by atoms with Crippen LogP contribution >= 0.6 is 0 Å². The van der Waals surface area contributed by atoms with Crippen LogP contribution in [-0.4, -0.2) is 41.1 Å². The summed E-state index contributed by atoms with van der Waals surface area (Å²) in [6.07, 6.45) is 5.00. The fourth-order valence-corrected chi connectivity index (χ4v) is 2.31. The maximum atomic E-state index is 11.8. The molecular formula is C13H16N2O4S. The summed E-state index contributed by atoms with van der Waals surface area (Å²) in [4.78, 5) is 11.8. The molecule has 2 N–H and O–H groups in total. The number of ether oxygens (including phenoxy) is 1. The van der Waals surface area contributed by atoms with Gasteiger partial charge in [-0.05, 0) is 24.3 Å². The van der Waals surface area contributed by atoms with E-state index in [9.17, 15) is 13.2 Å². The van der Waals surface area contributed by atoms with E-state index in [2.05, 4.69) is 16.0 Å². The highest BCUT2D eigenvalue weighted by Crippen LogP contribution is 2.10. The largest absolute Gasteiger partial charge is 0.383 e. The predicted octanol–water partition coefficient (Wildman–Crippen LogP) is -0.0257. The smallest absolute Gasteiger partial charge is 0.251 e. The van der Waals surface area contributed by atoms with Gasteiger partial charge < -0.3 is 10.1 Å². The van der Waals surface area contributed by atoms with Crippen LogP contribution in [0.3, 0.4) is 0 Å². The van der Waals surface area contributed by atoms with Crippen molar-refractivity contribution in [2.75, 3.05) is 26.8 Å². The van der Waals surface area contributed by atoms with E-state index in [-0.39, 0.29) is 17.3 Å². The molecule has 0 unspecified atom stereocenters. The number of amides is 1. The van der Waals surface area contributed by atoms with Gasteiger partial charge in [-0.1, -0.05) is 5.92 Å². The number of terminal acetylenes is 1. The topological polar surface area (TPSA) is 84.5 Å². The second-order valence-corrected chi connectivity index (χ2v) is 5.57. The first-order valence-corrected chi connectivity index (χ1v) is 7.30. The Kier molecular flexibility index (Phi) is 6.18. The molecule has 0 aliphatic heterocycles. The Bertz CT molecular complexity index is 588. The minimum Gasteiger partial charge on any atom is -0.383 e. The van der Waals surface area contributed by atoms with Gasteiger partial charge >= 0.3 is 0 Å². The maximum absolute atomic E-state index is 11.8. The molecule has 0 fully saturated rings. The van der Waals surface area contributed by atoms with E-state index in [1.54, 1.807) is 0 Å². The van der Waals surface area contributed by atoms with Gasteiger partial charge in [-0.25, -0.2) is 8.42 Å². The van der Waals surface area contributed by atoms with Crippen LogP contribution in [0.1, 0.15) is 10.4 Å². The number of methoxy groups -OCH3 is 1. The van der Waals surface area contributed by atoms with E-state index in [0.717, 1.165) is 0 Å². The van der Waals surface area contributed by atoms with Crippen LogP contribution in [0, 0.1) is 12.3 Å². The second kappa shape index (κ2) is 7.65. The van der Waals surface area contributed by atoms with Crippen LogP contribution in [0.5, 0.6) is 0 Å². The van der Waals surface area contributed by atoms with Gasteiger partial charge in [0, 0.05) is 19.2 Å². The zero-order valence-electron chi connectivity index (χ0n) is 11.0. The lowest BCUT2D eigenvalue weighted by Crippen LogP contribution is -2.27. The molecule has 0 aliphatic carbocycles. The number of hydrogen-bond acceptors (Lipinski definition) is 4. The number of nitrogens with one attached hydrogen (secondary N) is 2. The zero-order valence-corrected chi connectivity index (χ0v) is 11.9. The summed E-state index contributed by atoms with van der Waals surface area (Å²) in [6, 6.07) is 5.58. The minimum atomic E-state index is -3.63. The molecule has 0 aromatic heterocycles. The number of sulfonamides is 1. The van der Waals surface area contributed by atoms with E-state index in [1.807, 2.05) is 0 Å². The first-order valence-electron chi connectivity index (χ1n) is 5.81. The molecule has 0 spiro atoms. The molecule has 0 atom stereocenters. The molecule has 1 amide bonds. The van der Waals surface area contributed by atoms with E-state index in [1.165, 1.54) is 31.4 Å². The van der Waals surface area contributed by atoms with Gasteiger partial charge in [-0.2, -0.15) is 4.72 Å². The van der Waals surface area contributed by atoms with Crippen LogP contribution in [0.4, 0.5) is 0 Å². The van der Waals surface area contributed by atoms with Crippen molar-refractivity contribution in [3.63, 3.8) is 0 Å². The van der Waals surface area contributed by atoms with E-state index in [0.29, 0.717) is 18.7 Å². The average Bonchev–Trinajstić information content (AvgIpc) is 2.45. The Balaban J connectivity index is 2.74. The number of rotatable bonds is 7. The summed E-state index contributed by atoms with van der Waals surface area (Å²) < 4.78 is 30.6. The number of benzene rings is 1. The number of hydrogen-bond donors (Lipinski definition) is 2. The van der Waals surface area contributed by atoms with Crippen LogP contribution in [0.15, 0.2) is 29.2 Å². The van der Waals surface area contributed by atoms with Crippen molar-refractivity contribution < 1.29 is 17.9 Å². The zero-order chi connectivity index (χ0) is 15.0. The molecule has 1 rings (SSSR count). The van der Waals surface area contributed by atoms with Crippen LogP contribution in [-0.2, 0) is 14.8 Å². The Labute approximate surface area is 118 Å². The van der Waals surface area contributed by atoms with Crippen molar-refractivity contribution >= 4 is 15.9 Å². The molecular weight excluding hydrogens is 280 g/mol. The van der Waals surface area contributed by atoms with Crippen molar-refractivity contribution in [3.8, 4) is 12.3 Å². The highest BCUT2D eigenvalue weighted by atomic mass is 32.2. The first-order chi connectivity index (χ1) is 9.51. The van der Waals surface area contributed by atoms with Crippen molar-refractivity contribution in [1.82, 2.24) is 10.0 Å². The standard InChI is InChI=1S/C13H16N2O4S/c1-3-8-15-20(17,18)12-6-4-11(5-7-12)13(16)14-9-10-19-2/h1,4-7,15H,8-10H2,2H3,(H,14,16). The Hall–Kier alpha value is -1.88. The number of carbonyl (C=O) groups is 1. The fraction of sp³-hybridized carbons (Fsp3) is 0.308. The molecule has 0 bridgehead atoms. The van der Waals surface area contributed by atoms with Gasteiger partial charge in [0.15, 0.2) is 0 Å². The summed E-state index contributed by atoms with van der Waals surface area (Å²) in [6.45, 7) is 0.717. The Morgan fingerprint density at radius 2 is 2.00 bits per heavy atom. The maximum Gasteiger partial charge on any atom is 0.251 e. The summed E-state index contributed by atoms with van der Waals surface area (Å²) in [7, 11) is -2.09. The highest BCUT2D eigenvalue weighted by Gasteiger charge is 2.13. The summed E-state index contributed by atoms with van der Waals surface area (Å²) in [5.74, 6) is 1.90. The van der Waals surface area contributed by atoms with Crippen LogP contribution < -0.4 is 10.0 Å². The molecule has 0 saturated heterocycles. The molecule has 1 aromatic carbocycles. The van der Waals surface area contributed by atoms with Crippen molar-refractivity contribution in [3.05, 3.63) is 29.8 Å². The summed E-state index contributed by atoms with van der Waals surface area (Å²) in [5, 5.41) is 2.64. The third-order valence-corrected chi connectivity index (χ3v) is 3.80. The predicted molar refractivity (Wildman–Crippen MR) is 74.7 cm³/mol. The Morgan fingerprint density at radius 3 is 2.55 bits per heavy atom. The molecule has 0 radical (unpaired) electrons. The second-order valence-electron chi connectivity index (χ2n) is 3.80. The first kappa shape index (κ1) is 16.2.